The Balaban J connectivity index is 2.68. The van der Waals surface area contributed by atoms with E-state index in [9.17, 15) is 13.2 Å². The van der Waals surface area contributed by atoms with Crippen molar-refractivity contribution in [2.75, 3.05) is 6.54 Å². The number of carboxylic acids is 1. The van der Waals surface area contributed by atoms with Gasteiger partial charge < -0.3 is 5.11 Å². The lowest BCUT2D eigenvalue weighted by molar-refractivity contribution is -0.137. The summed E-state index contributed by atoms with van der Waals surface area (Å²) in [6.45, 7) is 2.69. The second-order valence-electron chi connectivity index (χ2n) is 5.13. The van der Waals surface area contributed by atoms with Gasteiger partial charge in [0.15, 0.2) is 0 Å². The summed E-state index contributed by atoms with van der Waals surface area (Å²) < 4.78 is 26.7. The summed E-state index contributed by atoms with van der Waals surface area (Å²) in [4.78, 5) is 11.0. The lowest BCUT2D eigenvalue weighted by Gasteiger charge is -2.25. The van der Waals surface area contributed by atoms with E-state index >= 15 is 0 Å². The number of aliphatic carboxylic acids is 1. The molecule has 0 aliphatic heterocycles. The van der Waals surface area contributed by atoms with Crippen LogP contribution in [0.25, 0.3) is 10.8 Å². The molecular weight excluding hydrogens is 326 g/mol. The number of hydrogen-bond acceptors (Lipinski definition) is 3. The number of rotatable bonds is 5. The second-order valence-corrected chi connectivity index (χ2v) is 7.40. The first-order valence-electron chi connectivity index (χ1n) is 6.66. The zero-order valence-corrected chi connectivity index (χ0v) is 13.7. The highest BCUT2D eigenvalue weighted by atomic mass is 35.5. The van der Waals surface area contributed by atoms with Crippen molar-refractivity contribution in [2.24, 2.45) is 0 Å². The van der Waals surface area contributed by atoms with Gasteiger partial charge in [0.2, 0.25) is 10.0 Å². The molecule has 5 nitrogen and oxygen atoms in total. The van der Waals surface area contributed by atoms with Crippen LogP contribution in [0.1, 0.15) is 13.8 Å². The molecule has 0 spiro atoms. The maximum Gasteiger partial charge on any atom is 0.318 e. The molecule has 0 bridgehead atoms. The van der Waals surface area contributed by atoms with E-state index in [2.05, 4.69) is 0 Å². The van der Waals surface area contributed by atoms with Gasteiger partial charge >= 0.3 is 5.97 Å². The van der Waals surface area contributed by atoms with Gasteiger partial charge in [0, 0.05) is 21.8 Å². The van der Waals surface area contributed by atoms with Crippen LogP contribution in [0.5, 0.6) is 0 Å². The summed E-state index contributed by atoms with van der Waals surface area (Å²) in [6, 6.07) is 9.32. The van der Waals surface area contributed by atoms with Crippen LogP contribution in [-0.2, 0) is 14.8 Å². The molecule has 7 heteroatoms. The minimum atomic E-state index is -3.94. The molecule has 0 unspecified atom stereocenters. The van der Waals surface area contributed by atoms with Gasteiger partial charge in [-0.25, -0.2) is 8.42 Å². The van der Waals surface area contributed by atoms with E-state index in [-0.39, 0.29) is 4.90 Å². The van der Waals surface area contributed by atoms with Crippen LogP contribution in [0.4, 0.5) is 0 Å². The van der Waals surface area contributed by atoms with E-state index in [0.29, 0.717) is 15.8 Å². The second kappa shape index (κ2) is 6.24. The molecule has 2 aromatic carbocycles. The molecule has 1 N–H and O–H groups in total. The van der Waals surface area contributed by atoms with Crippen molar-refractivity contribution in [3.8, 4) is 0 Å². The molecule has 22 heavy (non-hydrogen) atoms. The molecule has 0 aliphatic rings. The number of carboxylic acid groups (broad SMARTS) is 1. The molecule has 0 saturated heterocycles. The fourth-order valence-electron chi connectivity index (χ4n) is 2.26. The normalized spacial score (nSPS) is 12.2. The Morgan fingerprint density at radius 2 is 1.77 bits per heavy atom. The zero-order valence-electron chi connectivity index (χ0n) is 12.2. The van der Waals surface area contributed by atoms with Crippen LogP contribution < -0.4 is 0 Å². The highest BCUT2D eigenvalue weighted by Crippen LogP contribution is 2.31. The first-order valence-corrected chi connectivity index (χ1v) is 8.48. The summed E-state index contributed by atoms with van der Waals surface area (Å²) in [7, 11) is -3.94. The maximum atomic E-state index is 12.9. The fourth-order valence-corrected chi connectivity index (χ4v) is 4.28. The van der Waals surface area contributed by atoms with Crippen LogP contribution in [0, 0.1) is 0 Å². The molecular formula is C15H16ClNO4S. The molecule has 0 radical (unpaired) electrons. The lowest BCUT2D eigenvalue weighted by atomic mass is 10.1. The van der Waals surface area contributed by atoms with Gasteiger partial charge in [0.25, 0.3) is 0 Å². The smallest absolute Gasteiger partial charge is 0.318 e. The van der Waals surface area contributed by atoms with Gasteiger partial charge in [-0.2, -0.15) is 4.31 Å². The Morgan fingerprint density at radius 3 is 2.32 bits per heavy atom. The van der Waals surface area contributed by atoms with Crippen LogP contribution in [0.15, 0.2) is 41.3 Å². The molecule has 118 valence electrons. The summed E-state index contributed by atoms with van der Waals surface area (Å²) >= 11 is 6.10. The number of benzene rings is 2. The van der Waals surface area contributed by atoms with Gasteiger partial charge in [0.05, 0.1) is 4.90 Å². The SMILES string of the molecule is CC(C)N(CC(=O)O)S(=O)(=O)c1ccc(Cl)c2ccccc12. The largest absolute Gasteiger partial charge is 0.480 e. The Morgan fingerprint density at radius 1 is 1.18 bits per heavy atom. The standard InChI is InChI=1S/C15H16ClNO4S/c1-10(2)17(9-15(18)19)22(20,21)14-8-7-13(16)11-5-3-4-6-12(11)14/h3-8,10H,9H2,1-2H3,(H,18,19). The Hall–Kier alpha value is -1.63. The predicted molar refractivity (Wildman–Crippen MR) is 85.6 cm³/mol. The first-order chi connectivity index (χ1) is 10.2. The molecule has 2 aromatic rings. The Kier molecular flexibility index (Phi) is 4.75. The van der Waals surface area contributed by atoms with Crippen molar-refractivity contribution in [3.63, 3.8) is 0 Å². The number of sulfonamides is 1. The quantitative estimate of drug-likeness (QED) is 0.907. The summed E-state index contributed by atoms with van der Waals surface area (Å²) in [6.07, 6.45) is 0. The van der Waals surface area contributed by atoms with E-state index in [4.69, 9.17) is 16.7 Å². The third-order valence-corrected chi connectivity index (χ3v) is 5.69. The zero-order chi connectivity index (χ0) is 16.5. The summed E-state index contributed by atoms with van der Waals surface area (Å²) in [5.74, 6) is -1.20. The molecule has 0 fully saturated rings. The van der Waals surface area contributed by atoms with Crippen molar-refractivity contribution in [1.82, 2.24) is 4.31 Å². The highest BCUT2D eigenvalue weighted by Gasteiger charge is 2.30. The van der Waals surface area contributed by atoms with E-state index in [1.165, 1.54) is 12.1 Å². The molecule has 0 aromatic heterocycles. The average molecular weight is 342 g/mol. The van der Waals surface area contributed by atoms with E-state index in [0.717, 1.165) is 4.31 Å². The monoisotopic (exact) mass is 341 g/mol. The van der Waals surface area contributed by atoms with Crippen LogP contribution in [-0.4, -0.2) is 36.4 Å². The van der Waals surface area contributed by atoms with Crippen molar-refractivity contribution >= 4 is 38.4 Å². The minimum absolute atomic E-state index is 0.0578. The average Bonchev–Trinajstić information content (AvgIpc) is 2.44. The number of nitrogens with zero attached hydrogens (tertiary/aromatic N) is 1. The van der Waals surface area contributed by atoms with Crippen molar-refractivity contribution in [1.29, 1.82) is 0 Å². The third kappa shape index (κ3) is 3.09. The number of carbonyl (C=O) groups is 1. The van der Waals surface area contributed by atoms with Gasteiger partial charge in [-0.05, 0) is 26.0 Å². The molecule has 2 rings (SSSR count). The number of fused-ring (bicyclic) bond motifs is 1. The summed E-state index contributed by atoms with van der Waals surface area (Å²) in [5, 5.41) is 10.5. The van der Waals surface area contributed by atoms with Gasteiger partial charge in [0.1, 0.15) is 6.54 Å². The van der Waals surface area contributed by atoms with Crippen LogP contribution in [0.2, 0.25) is 5.02 Å². The van der Waals surface area contributed by atoms with Gasteiger partial charge in [-0.1, -0.05) is 35.9 Å². The van der Waals surface area contributed by atoms with Crippen LogP contribution in [0.3, 0.4) is 0 Å². The van der Waals surface area contributed by atoms with Crippen LogP contribution >= 0.6 is 11.6 Å². The first kappa shape index (κ1) is 16.7. The van der Waals surface area contributed by atoms with Crippen molar-refractivity contribution in [2.45, 2.75) is 24.8 Å². The van der Waals surface area contributed by atoms with E-state index in [1.54, 1.807) is 38.1 Å². The topological polar surface area (TPSA) is 74.7 Å². The van der Waals surface area contributed by atoms with Gasteiger partial charge in [-0.3, -0.25) is 4.79 Å². The Bertz CT molecular complexity index is 817. The molecule has 0 saturated carbocycles. The summed E-state index contributed by atoms with van der Waals surface area (Å²) in [5.41, 5.74) is 0. The molecule has 0 heterocycles. The van der Waals surface area contributed by atoms with Gasteiger partial charge in [-0.15, -0.1) is 0 Å². The molecule has 0 aliphatic carbocycles. The minimum Gasteiger partial charge on any atom is -0.480 e. The highest BCUT2D eigenvalue weighted by molar-refractivity contribution is 7.89. The Labute approximate surface area is 134 Å². The fraction of sp³-hybridized carbons (Fsp3) is 0.267. The molecule has 0 amide bonds. The number of halogens is 1. The van der Waals surface area contributed by atoms with E-state index in [1.807, 2.05) is 0 Å². The predicted octanol–water partition coefficient (Wildman–Crippen LogP) is 2.98. The number of hydrogen-bond donors (Lipinski definition) is 1. The molecule has 0 atom stereocenters. The maximum absolute atomic E-state index is 12.9. The van der Waals surface area contributed by atoms with Crippen molar-refractivity contribution < 1.29 is 18.3 Å². The van der Waals surface area contributed by atoms with E-state index < -0.39 is 28.6 Å². The van der Waals surface area contributed by atoms with Crippen molar-refractivity contribution in [3.05, 3.63) is 41.4 Å². The third-order valence-electron chi connectivity index (χ3n) is 3.28. The lowest BCUT2D eigenvalue weighted by Crippen LogP contribution is -2.40.